The minimum atomic E-state index is 0.128. The third kappa shape index (κ3) is 4.34. The molecule has 1 saturated heterocycles. The first kappa shape index (κ1) is 15.0. The van der Waals surface area contributed by atoms with Gasteiger partial charge in [-0.2, -0.15) is 0 Å². The second-order valence-corrected chi connectivity index (χ2v) is 5.93. The molecule has 110 valence electrons. The van der Waals surface area contributed by atoms with E-state index in [4.69, 9.17) is 0 Å². The van der Waals surface area contributed by atoms with Gasteiger partial charge in [0.15, 0.2) is 0 Å². The van der Waals surface area contributed by atoms with Crippen molar-refractivity contribution in [1.82, 2.24) is 10.6 Å². The largest absolute Gasteiger partial charge is 0.353 e. The fourth-order valence-corrected chi connectivity index (χ4v) is 2.85. The Hall–Kier alpha value is -1.35. The van der Waals surface area contributed by atoms with Crippen LogP contribution in [0.2, 0.25) is 0 Å². The van der Waals surface area contributed by atoms with Crippen LogP contribution in [-0.2, 0) is 11.2 Å². The van der Waals surface area contributed by atoms with E-state index in [1.165, 1.54) is 5.56 Å². The Kier molecular flexibility index (Phi) is 5.60. The molecule has 2 N–H and O–H groups in total. The summed E-state index contributed by atoms with van der Waals surface area (Å²) in [5, 5.41) is 6.55. The zero-order valence-electron chi connectivity index (χ0n) is 12.6. The Morgan fingerprint density at radius 2 is 2.15 bits per heavy atom. The summed E-state index contributed by atoms with van der Waals surface area (Å²) >= 11 is 0. The summed E-state index contributed by atoms with van der Waals surface area (Å²) in [5.74, 6) is 0.341. The number of benzene rings is 1. The van der Waals surface area contributed by atoms with Crippen LogP contribution < -0.4 is 10.6 Å². The van der Waals surface area contributed by atoms with Crippen LogP contribution >= 0.6 is 0 Å². The van der Waals surface area contributed by atoms with E-state index in [2.05, 4.69) is 48.7 Å². The first-order valence-corrected chi connectivity index (χ1v) is 7.74. The number of hydrogen-bond donors (Lipinski definition) is 2. The van der Waals surface area contributed by atoms with E-state index in [0.29, 0.717) is 6.04 Å². The van der Waals surface area contributed by atoms with Gasteiger partial charge < -0.3 is 10.6 Å². The third-order valence-corrected chi connectivity index (χ3v) is 4.20. The molecule has 3 unspecified atom stereocenters. The lowest BCUT2D eigenvalue weighted by molar-refractivity contribution is -0.127. The molecule has 1 fully saturated rings. The van der Waals surface area contributed by atoms with Gasteiger partial charge in [0.2, 0.25) is 5.91 Å². The molecule has 3 atom stereocenters. The molecular formula is C17H26N2O. The minimum absolute atomic E-state index is 0.128. The molecule has 0 saturated carbocycles. The van der Waals surface area contributed by atoms with Crippen LogP contribution in [0.3, 0.4) is 0 Å². The molecule has 0 bridgehead atoms. The Labute approximate surface area is 122 Å². The van der Waals surface area contributed by atoms with E-state index in [0.717, 1.165) is 32.2 Å². The Morgan fingerprint density at radius 3 is 2.85 bits per heavy atom. The van der Waals surface area contributed by atoms with Crippen molar-refractivity contribution in [3.63, 3.8) is 0 Å². The number of carbonyl (C=O) groups excluding carboxylic acids is 1. The Balaban J connectivity index is 1.76. The summed E-state index contributed by atoms with van der Waals surface area (Å²) in [4.78, 5) is 12.3. The molecule has 1 aliphatic heterocycles. The molecule has 1 aromatic carbocycles. The number of piperidine rings is 1. The van der Waals surface area contributed by atoms with Gasteiger partial charge in [-0.1, -0.05) is 30.3 Å². The van der Waals surface area contributed by atoms with Crippen molar-refractivity contribution in [2.24, 2.45) is 5.92 Å². The first-order chi connectivity index (χ1) is 9.66. The van der Waals surface area contributed by atoms with E-state index >= 15 is 0 Å². The van der Waals surface area contributed by atoms with E-state index in [1.54, 1.807) is 0 Å². The van der Waals surface area contributed by atoms with Crippen molar-refractivity contribution in [2.75, 3.05) is 6.54 Å². The lowest BCUT2D eigenvalue weighted by Crippen LogP contribution is -2.48. The van der Waals surface area contributed by atoms with Crippen LogP contribution in [0.25, 0.3) is 0 Å². The van der Waals surface area contributed by atoms with Gasteiger partial charge in [-0.3, -0.25) is 4.79 Å². The molecule has 2 rings (SSSR count). The first-order valence-electron chi connectivity index (χ1n) is 7.74. The molecule has 3 heteroatoms. The molecule has 0 aromatic heterocycles. The van der Waals surface area contributed by atoms with Crippen LogP contribution in [0.4, 0.5) is 0 Å². The van der Waals surface area contributed by atoms with Gasteiger partial charge in [-0.15, -0.1) is 0 Å². The standard InChI is InChI=1S/C17H26N2O/c1-13(10-11-15-7-4-3-5-8-15)19-17(20)16-9-6-12-18-14(16)2/h3-5,7-8,13-14,16,18H,6,9-12H2,1-2H3,(H,19,20). The summed E-state index contributed by atoms with van der Waals surface area (Å²) < 4.78 is 0. The van der Waals surface area contributed by atoms with E-state index in [1.807, 2.05) is 6.07 Å². The zero-order chi connectivity index (χ0) is 14.4. The third-order valence-electron chi connectivity index (χ3n) is 4.20. The van der Waals surface area contributed by atoms with Gasteiger partial charge in [-0.25, -0.2) is 0 Å². The van der Waals surface area contributed by atoms with E-state index in [-0.39, 0.29) is 17.9 Å². The maximum atomic E-state index is 12.3. The second kappa shape index (κ2) is 7.44. The van der Waals surface area contributed by atoms with Crippen LogP contribution in [-0.4, -0.2) is 24.5 Å². The van der Waals surface area contributed by atoms with Gasteiger partial charge >= 0.3 is 0 Å². The summed E-state index contributed by atoms with van der Waals surface area (Å²) in [7, 11) is 0. The number of amides is 1. The van der Waals surface area contributed by atoms with Crippen LogP contribution in [0, 0.1) is 5.92 Å². The van der Waals surface area contributed by atoms with Crippen molar-refractivity contribution >= 4 is 5.91 Å². The van der Waals surface area contributed by atoms with Crippen molar-refractivity contribution in [3.05, 3.63) is 35.9 Å². The number of rotatable bonds is 5. The van der Waals surface area contributed by atoms with Gasteiger partial charge in [0.05, 0.1) is 5.92 Å². The van der Waals surface area contributed by atoms with Crippen molar-refractivity contribution < 1.29 is 4.79 Å². The maximum Gasteiger partial charge on any atom is 0.224 e. The topological polar surface area (TPSA) is 41.1 Å². The van der Waals surface area contributed by atoms with Crippen molar-refractivity contribution in [3.8, 4) is 0 Å². The monoisotopic (exact) mass is 274 g/mol. The van der Waals surface area contributed by atoms with Crippen LogP contribution in [0.15, 0.2) is 30.3 Å². The lowest BCUT2D eigenvalue weighted by atomic mass is 9.91. The lowest BCUT2D eigenvalue weighted by Gasteiger charge is -2.30. The quantitative estimate of drug-likeness (QED) is 0.866. The molecule has 1 aliphatic rings. The van der Waals surface area contributed by atoms with Crippen LogP contribution in [0.1, 0.15) is 38.7 Å². The average molecular weight is 274 g/mol. The average Bonchev–Trinajstić information content (AvgIpc) is 2.46. The van der Waals surface area contributed by atoms with E-state index in [9.17, 15) is 4.79 Å². The maximum absolute atomic E-state index is 12.3. The minimum Gasteiger partial charge on any atom is -0.353 e. The molecule has 1 heterocycles. The summed E-state index contributed by atoms with van der Waals surface area (Å²) in [5.41, 5.74) is 1.33. The van der Waals surface area contributed by atoms with Crippen molar-refractivity contribution in [1.29, 1.82) is 0 Å². The number of carbonyl (C=O) groups is 1. The Morgan fingerprint density at radius 1 is 1.40 bits per heavy atom. The molecule has 20 heavy (non-hydrogen) atoms. The predicted octanol–water partition coefficient (Wildman–Crippen LogP) is 2.51. The highest BCUT2D eigenvalue weighted by Crippen LogP contribution is 2.16. The molecule has 0 spiro atoms. The zero-order valence-corrected chi connectivity index (χ0v) is 12.6. The highest BCUT2D eigenvalue weighted by molar-refractivity contribution is 5.79. The smallest absolute Gasteiger partial charge is 0.224 e. The van der Waals surface area contributed by atoms with Gasteiger partial charge in [0, 0.05) is 12.1 Å². The SMILES string of the molecule is CC(CCc1ccccc1)NC(=O)C1CCCNC1C. The summed E-state index contributed by atoms with van der Waals surface area (Å²) in [6.45, 7) is 5.24. The van der Waals surface area contributed by atoms with Gasteiger partial charge in [0.25, 0.3) is 0 Å². The molecule has 0 aliphatic carbocycles. The normalized spacial score (nSPS) is 24.1. The second-order valence-electron chi connectivity index (χ2n) is 5.93. The fraction of sp³-hybridized carbons (Fsp3) is 0.588. The highest BCUT2D eigenvalue weighted by atomic mass is 16.2. The predicted molar refractivity (Wildman–Crippen MR) is 82.6 cm³/mol. The molecular weight excluding hydrogens is 248 g/mol. The fourth-order valence-electron chi connectivity index (χ4n) is 2.85. The molecule has 0 radical (unpaired) electrons. The van der Waals surface area contributed by atoms with Crippen molar-refractivity contribution in [2.45, 2.75) is 51.6 Å². The van der Waals surface area contributed by atoms with Crippen LogP contribution in [0.5, 0.6) is 0 Å². The number of aryl methyl sites for hydroxylation is 1. The summed E-state index contributed by atoms with van der Waals surface area (Å²) in [6.07, 6.45) is 4.11. The van der Waals surface area contributed by atoms with E-state index < -0.39 is 0 Å². The molecule has 1 amide bonds. The van der Waals surface area contributed by atoms with Gasteiger partial charge in [-0.05, 0) is 51.6 Å². The molecule has 3 nitrogen and oxygen atoms in total. The molecule has 1 aromatic rings. The van der Waals surface area contributed by atoms with Gasteiger partial charge in [0.1, 0.15) is 0 Å². The summed E-state index contributed by atoms with van der Waals surface area (Å²) in [6, 6.07) is 11.0. The Bertz CT molecular complexity index is 418. The number of nitrogens with one attached hydrogen (secondary N) is 2. The number of hydrogen-bond acceptors (Lipinski definition) is 2. The highest BCUT2D eigenvalue weighted by Gasteiger charge is 2.27.